The van der Waals surface area contributed by atoms with E-state index >= 15 is 0 Å². The van der Waals surface area contributed by atoms with Gasteiger partial charge < -0.3 is 10.1 Å². The van der Waals surface area contributed by atoms with Crippen LogP contribution in [0.5, 0.6) is 5.75 Å². The van der Waals surface area contributed by atoms with E-state index < -0.39 is 29.5 Å². The van der Waals surface area contributed by atoms with Crippen LogP contribution in [0.1, 0.15) is 54.1 Å². The number of nitriles is 2. The number of hydrogen-bond acceptors (Lipinski definition) is 7. The molecule has 0 unspecified atom stereocenters. The molecule has 0 saturated heterocycles. The molecule has 0 saturated carbocycles. The maximum atomic E-state index is 12.9. The first-order valence-electron chi connectivity index (χ1n) is 9.83. The first-order valence-corrected chi connectivity index (χ1v) is 9.83. The summed E-state index contributed by atoms with van der Waals surface area (Å²) >= 11 is 0. The Morgan fingerprint density at radius 2 is 1.91 bits per heavy atom. The number of aromatic nitrogens is 4. The number of alkyl halides is 3. The van der Waals surface area contributed by atoms with Gasteiger partial charge in [0, 0.05) is 11.8 Å². The van der Waals surface area contributed by atoms with Gasteiger partial charge in [-0.15, -0.1) is 13.2 Å². The zero-order valence-electron chi connectivity index (χ0n) is 18.3. The molecule has 34 heavy (non-hydrogen) atoms. The average Bonchev–Trinajstić information content (AvgIpc) is 3.28. The van der Waals surface area contributed by atoms with Crippen LogP contribution in [0.4, 0.5) is 13.2 Å². The molecule has 0 spiro atoms. The maximum Gasteiger partial charge on any atom is 0.573 e. The molecule has 3 rings (SSSR count). The lowest BCUT2D eigenvalue weighted by molar-refractivity contribution is -0.274. The Morgan fingerprint density at radius 3 is 2.50 bits per heavy atom. The van der Waals surface area contributed by atoms with Gasteiger partial charge in [0.25, 0.3) is 5.91 Å². The number of benzene rings is 1. The van der Waals surface area contributed by atoms with Gasteiger partial charge in [0.2, 0.25) is 0 Å². The van der Waals surface area contributed by atoms with Crippen molar-refractivity contribution in [2.45, 2.75) is 38.6 Å². The Hall–Kier alpha value is -4.45. The number of rotatable bonds is 6. The van der Waals surface area contributed by atoms with Gasteiger partial charge in [-0.1, -0.05) is 0 Å². The minimum atomic E-state index is -4.97. The fraction of sp³-hybridized carbons (Fsp3) is 0.273. The third-order valence-electron chi connectivity index (χ3n) is 4.81. The van der Waals surface area contributed by atoms with Gasteiger partial charge in [0.15, 0.2) is 11.6 Å². The van der Waals surface area contributed by atoms with E-state index in [0.29, 0.717) is 17.2 Å². The molecule has 0 aliphatic heterocycles. The van der Waals surface area contributed by atoms with Crippen molar-refractivity contribution in [3.63, 3.8) is 0 Å². The standard InChI is InChI=1S/C22H18F3N7O2/c1-13(19-29-12-30-32(19)18-5-4-14(9-26)10-28-18)31-20(33)15-6-16(21(2,3)11-27)8-17(7-15)34-22(23,24)25/h4-8,10,12-13H,1-3H3,(H,31,33)/t13-/m0/s1. The highest BCUT2D eigenvalue weighted by Gasteiger charge is 2.33. The van der Waals surface area contributed by atoms with Crippen molar-refractivity contribution in [1.29, 1.82) is 10.5 Å². The van der Waals surface area contributed by atoms with Crippen LogP contribution in [0.2, 0.25) is 0 Å². The molecule has 1 aromatic carbocycles. The summed E-state index contributed by atoms with van der Waals surface area (Å²) in [6.45, 7) is 4.63. The summed E-state index contributed by atoms with van der Waals surface area (Å²) < 4.78 is 43.8. The molecular weight excluding hydrogens is 451 g/mol. The SMILES string of the molecule is C[C@H](NC(=O)c1cc(OC(F)(F)F)cc(C(C)(C)C#N)c1)c1ncnn1-c1ccc(C#N)cn1. The summed E-state index contributed by atoms with van der Waals surface area (Å²) in [7, 11) is 0. The van der Waals surface area contributed by atoms with E-state index in [9.17, 15) is 23.2 Å². The van der Waals surface area contributed by atoms with Crippen LogP contribution in [0, 0.1) is 22.7 Å². The Kier molecular flexibility index (Phi) is 6.54. The second kappa shape index (κ2) is 9.19. The quantitative estimate of drug-likeness (QED) is 0.582. The minimum Gasteiger partial charge on any atom is -0.406 e. The molecule has 2 aromatic heterocycles. The summed E-state index contributed by atoms with van der Waals surface area (Å²) in [5.74, 6) is -0.675. The highest BCUT2D eigenvalue weighted by molar-refractivity contribution is 5.95. The van der Waals surface area contributed by atoms with Crippen LogP contribution < -0.4 is 10.1 Å². The van der Waals surface area contributed by atoms with Gasteiger partial charge in [0.1, 0.15) is 18.1 Å². The maximum absolute atomic E-state index is 12.9. The number of pyridine rings is 1. The summed E-state index contributed by atoms with van der Waals surface area (Å²) in [5.41, 5.74) is -0.773. The van der Waals surface area contributed by atoms with Crippen LogP contribution >= 0.6 is 0 Å². The fourth-order valence-corrected chi connectivity index (χ4v) is 2.99. The van der Waals surface area contributed by atoms with Crippen molar-refractivity contribution >= 4 is 5.91 Å². The van der Waals surface area contributed by atoms with Crippen molar-refractivity contribution in [3.8, 4) is 23.7 Å². The van der Waals surface area contributed by atoms with Crippen molar-refractivity contribution < 1.29 is 22.7 Å². The molecule has 0 aliphatic carbocycles. The van der Waals surface area contributed by atoms with Crippen molar-refractivity contribution in [3.05, 3.63) is 65.4 Å². The Morgan fingerprint density at radius 1 is 1.18 bits per heavy atom. The lowest BCUT2D eigenvalue weighted by Crippen LogP contribution is -2.29. The van der Waals surface area contributed by atoms with Gasteiger partial charge in [-0.2, -0.15) is 20.3 Å². The Bertz CT molecular complexity index is 1290. The first-order chi connectivity index (χ1) is 15.9. The molecule has 174 valence electrons. The topological polar surface area (TPSA) is 130 Å². The average molecular weight is 469 g/mol. The zero-order chi connectivity index (χ0) is 25.1. The molecule has 0 fully saturated rings. The normalized spacial score (nSPS) is 12.4. The van der Waals surface area contributed by atoms with E-state index in [1.807, 2.05) is 12.1 Å². The second-order valence-electron chi connectivity index (χ2n) is 7.77. The summed E-state index contributed by atoms with van der Waals surface area (Å²) in [6.07, 6.45) is -2.36. The predicted octanol–water partition coefficient (Wildman–Crippen LogP) is 3.72. The molecule has 3 aromatic rings. The molecule has 0 radical (unpaired) electrons. The number of nitrogens with one attached hydrogen (secondary N) is 1. The second-order valence-corrected chi connectivity index (χ2v) is 7.77. The minimum absolute atomic E-state index is 0.130. The third-order valence-corrected chi connectivity index (χ3v) is 4.81. The summed E-state index contributed by atoms with van der Waals surface area (Å²) in [5, 5.41) is 25.0. The smallest absolute Gasteiger partial charge is 0.406 e. The summed E-state index contributed by atoms with van der Waals surface area (Å²) in [6, 6.07) is 9.67. The molecule has 1 N–H and O–H groups in total. The van der Waals surface area contributed by atoms with E-state index in [1.54, 1.807) is 19.1 Å². The number of nitrogens with zero attached hydrogens (tertiary/aromatic N) is 6. The molecule has 2 heterocycles. The van der Waals surface area contributed by atoms with Crippen LogP contribution in [-0.2, 0) is 5.41 Å². The first kappa shape index (κ1) is 24.2. The Balaban J connectivity index is 1.90. The monoisotopic (exact) mass is 469 g/mol. The summed E-state index contributed by atoms with van der Waals surface area (Å²) in [4.78, 5) is 21.2. The number of hydrogen-bond donors (Lipinski definition) is 1. The lowest BCUT2D eigenvalue weighted by Gasteiger charge is -2.20. The van der Waals surface area contributed by atoms with Gasteiger partial charge >= 0.3 is 6.36 Å². The molecule has 1 atom stereocenters. The number of halogens is 3. The van der Waals surface area contributed by atoms with E-state index in [1.165, 1.54) is 37.1 Å². The molecule has 0 bridgehead atoms. The van der Waals surface area contributed by atoms with Gasteiger partial charge in [-0.3, -0.25) is 4.79 Å². The number of amides is 1. The highest BCUT2D eigenvalue weighted by Crippen LogP contribution is 2.31. The van der Waals surface area contributed by atoms with E-state index in [0.717, 1.165) is 12.1 Å². The van der Waals surface area contributed by atoms with Crippen molar-refractivity contribution in [2.24, 2.45) is 0 Å². The van der Waals surface area contributed by atoms with Crippen LogP contribution in [0.15, 0.2) is 42.9 Å². The van der Waals surface area contributed by atoms with Crippen LogP contribution in [0.25, 0.3) is 5.82 Å². The third kappa shape index (κ3) is 5.48. The Labute approximate surface area is 192 Å². The van der Waals surface area contributed by atoms with Crippen LogP contribution in [-0.4, -0.2) is 32.0 Å². The van der Waals surface area contributed by atoms with E-state index in [2.05, 4.69) is 25.1 Å². The van der Waals surface area contributed by atoms with Gasteiger partial charge in [0.05, 0.1) is 23.1 Å². The largest absolute Gasteiger partial charge is 0.573 e. The number of ether oxygens (including phenoxy) is 1. The predicted molar refractivity (Wildman–Crippen MR) is 112 cm³/mol. The highest BCUT2D eigenvalue weighted by atomic mass is 19.4. The number of carbonyl (C=O) groups is 1. The molecular formula is C22H18F3N7O2. The van der Waals surface area contributed by atoms with Crippen LogP contribution in [0.3, 0.4) is 0 Å². The molecule has 0 aliphatic rings. The molecule has 9 nitrogen and oxygen atoms in total. The van der Waals surface area contributed by atoms with Crippen molar-refractivity contribution in [2.75, 3.05) is 0 Å². The fourth-order valence-electron chi connectivity index (χ4n) is 2.99. The molecule has 1 amide bonds. The van der Waals surface area contributed by atoms with Gasteiger partial charge in [-0.25, -0.2) is 9.97 Å². The van der Waals surface area contributed by atoms with E-state index in [4.69, 9.17) is 5.26 Å². The van der Waals surface area contributed by atoms with Crippen molar-refractivity contribution in [1.82, 2.24) is 25.1 Å². The number of carbonyl (C=O) groups excluding carboxylic acids is 1. The van der Waals surface area contributed by atoms with E-state index in [-0.39, 0.29) is 11.1 Å². The zero-order valence-corrected chi connectivity index (χ0v) is 18.3. The molecule has 12 heteroatoms. The van der Waals surface area contributed by atoms with Gasteiger partial charge in [-0.05, 0) is 56.7 Å². The lowest BCUT2D eigenvalue weighted by atomic mass is 9.85.